The van der Waals surface area contributed by atoms with E-state index >= 15 is 0 Å². The number of aryl methyl sites for hydroxylation is 1. The number of carbonyl (C=O) groups is 2. The average Bonchev–Trinajstić information content (AvgIpc) is 3.79. The first kappa shape index (κ1) is 28.0. The molecule has 226 valence electrons. The molecule has 1 aromatic carbocycles. The van der Waals surface area contributed by atoms with Crippen LogP contribution in [0, 0.1) is 18.7 Å². The average molecular weight is 610 g/mol. The fraction of sp³-hybridized carbons (Fsp3) is 0.194. The predicted molar refractivity (Wildman–Crippen MR) is 157 cm³/mol. The molecule has 6 aromatic rings. The van der Waals surface area contributed by atoms with Crippen LogP contribution in [0.2, 0.25) is 0 Å². The summed E-state index contributed by atoms with van der Waals surface area (Å²) >= 11 is 0. The fourth-order valence-electron chi connectivity index (χ4n) is 5.49. The minimum Gasteiger partial charge on any atom is -0.361 e. The van der Waals surface area contributed by atoms with Crippen molar-refractivity contribution in [2.24, 2.45) is 0 Å². The SMILES string of the molecule is Cc1cc(C(=O)N2CCC(n3cnc(-c4ccc(F)cc4)c3-c3ccc4nc(NC(=O)c5ccnc(F)c5)cn4n3)CC2)no1. The van der Waals surface area contributed by atoms with E-state index in [0.29, 0.717) is 60.0 Å². The highest BCUT2D eigenvalue weighted by Gasteiger charge is 2.29. The summed E-state index contributed by atoms with van der Waals surface area (Å²) in [5.74, 6) is -1.03. The Morgan fingerprint density at radius 1 is 1.00 bits per heavy atom. The van der Waals surface area contributed by atoms with Crippen molar-refractivity contribution in [2.45, 2.75) is 25.8 Å². The number of piperidine rings is 1. The summed E-state index contributed by atoms with van der Waals surface area (Å²) in [5.41, 5.74) is 3.48. The number of aromatic nitrogens is 7. The largest absolute Gasteiger partial charge is 0.361 e. The molecule has 0 unspecified atom stereocenters. The number of hydrogen-bond acceptors (Lipinski definition) is 8. The molecule has 0 atom stereocenters. The van der Waals surface area contributed by atoms with Gasteiger partial charge >= 0.3 is 0 Å². The number of likely N-dealkylation sites (tertiary alicyclic amines) is 1. The zero-order valence-corrected chi connectivity index (χ0v) is 23.9. The van der Waals surface area contributed by atoms with Gasteiger partial charge in [0, 0.05) is 48.6 Å². The Bertz CT molecular complexity index is 2040. The van der Waals surface area contributed by atoms with Crippen LogP contribution in [0.15, 0.2) is 77.8 Å². The monoisotopic (exact) mass is 609 g/mol. The molecule has 6 heterocycles. The second kappa shape index (κ2) is 11.4. The molecule has 12 nitrogen and oxygen atoms in total. The van der Waals surface area contributed by atoms with Gasteiger partial charge in [0.05, 0.1) is 23.9 Å². The number of anilines is 1. The molecule has 1 aliphatic heterocycles. The number of amides is 2. The number of carbonyl (C=O) groups excluding carboxylic acids is 2. The van der Waals surface area contributed by atoms with Crippen molar-refractivity contribution in [1.29, 1.82) is 0 Å². The second-order valence-corrected chi connectivity index (χ2v) is 10.7. The Morgan fingerprint density at radius 2 is 1.80 bits per heavy atom. The van der Waals surface area contributed by atoms with Crippen LogP contribution < -0.4 is 5.32 Å². The maximum Gasteiger partial charge on any atom is 0.276 e. The molecule has 7 rings (SSSR count). The van der Waals surface area contributed by atoms with E-state index in [1.807, 2.05) is 4.57 Å². The first-order valence-electron chi connectivity index (χ1n) is 14.2. The van der Waals surface area contributed by atoms with Crippen LogP contribution in [0.3, 0.4) is 0 Å². The predicted octanol–water partition coefficient (Wildman–Crippen LogP) is 4.96. The highest BCUT2D eigenvalue weighted by molar-refractivity contribution is 6.03. The van der Waals surface area contributed by atoms with Crippen molar-refractivity contribution < 1.29 is 22.9 Å². The van der Waals surface area contributed by atoms with Crippen molar-refractivity contribution in [2.75, 3.05) is 18.4 Å². The number of halogens is 2. The van der Waals surface area contributed by atoms with Crippen LogP contribution in [0.4, 0.5) is 14.6 Å². The summed E-state index contributed by atoms with van der Waals surface area (Å²) in [5, 5.41) is 11.3. The summed E-state index contributed by atoms with van der Waals surface area (Å²) < 4.78 is 36.0. The molecule has 0 spiro atoms. The molecule has 14 heteroatoms. The highest BCUT2D eigenvalue weighted by atomic mass is 19.1. The molecule has 0 aliphatic carbocycles. The number of imidazole rings is 2. The number of hydrogen-bond donors (Lipinski definition) is 1. The Hall–Kier alpha value is -5.79. The van der Waals surface area contributed by atoms with Crippen molar-refractivity contribution in [3.8, 4) is 22.6 Å². The van der Waals surface area contributed by atoms with Gasteiger partial charge in [0.25, 0.3) is 11.8 Å². The number of nitrogens with zero attached hydrogens (tertiary/aromatic N) is 8. The van der Waals surface area contributed by atoms with E-state index in [9.17, 15) is 18.4 Å². The van der Waals surface area contributed by atoms with Gasteiger partial charge < -0.3 is 19.3 Å². The molecule has 1 aliphatic rings. The zero-order valence-electron chi connectivity index (χ0n) is 23.9. The maximum absolute atomic E-state index is 13.8. The molecule has 1 saturated heterocycles. The Kier molecular flexibility index (Phi) is 7.08. The van der Waals surface area contributed by atoms with Gasteiger partial charge in [0.15, 0.2) is 17.2 Å². The summed E-state index contributed by atoms with van der Waals surface area (Å²) in [6.07, 6.45) is 5.84. The van der Waals surface area contributed by atoms with Gasteiger partial charge in [-0.2, -0.15) is 9.49 Å². The van der Waals surface area contributed by atoms with E-state index in [-0.39, 0.29) is 34.8 Å². The van der Waals surface area contributed by atoms with Crippen molar-refractivity contribution in [3.63, 3.8) is 0 Å². The molecule has 2 amide bonds. The van der Waals surface area contributed by atoms with Gasteiger partial charge in [-0.25, -0.2) is 23.9 Å². The van der Waals surface area contributed by atoms with E-state index in [1.54, 1.807) is 54.7 Å². The molecule has 0 radical (unpaired) electrons. The van der Waals surface area contributed by atoms with Crippen LogP contribution >= 0.6 is 0 Å². The summed E-state index contributed by atoms with van der Waals surface area (Å²) in [4.78, 5) is 40.0. The van der Waals surface area contributed by atoms with E-state index in [2.05, 4.69) is 20.4 Å². The molecule has 45 heavy (non-hydrogen) atoms. The molecule has 5 aromatic heterocycles. The summed E-state index contributed by atoms with van der Waals surface area (Å²) in [6, 6.07) is 13.7. The summed E-state index contributed by atoms with van der Waals surface area (Å²) in [7, 11) is 0. The first-order chi connectivity index (χ1) is 21.8. The third-order valence-corrected chi connectivity index (χ3v) is 7.70. The van der Waals surface area contributed by atoms with Gasteiger partial charge in [0.2, 0.25) is 5.95 Å². The lowest BCUT2D eigenvalue weighted by molar-refractivity contribution is 0.0684. The Morgan fingerprint density at radius 3 is 2.53 bits per heavy atom. The smallest absolute Gasteiger partial charge is 0.276 e. The normalized spacial score (nSPS) is 13.8. The maximum atomic E-state index is 13.8. The quantitative estimate of drug-likeness (QED) is 0.262. The van der Waals surface area contributed by atoms with Gasteiger partial charge in [-0.3, -0.25) is 9.59 Å². The number of nitrogens with one attached hydrogen (secondary N) is 1. The third kappa shape index (κ3) is 5.53. The Balaban J connectivity index is 1.19. The standard InChI is InChI=1S/C31H25F2N9O3/c1-18-14-24(39-45-18)31(44)40-12-9-22(10-13-40)41-17-35-28(19-2-4-21(32)5-3-19)29(41)23-6-7-27-36-26(16-42(27)38-23)37-30(43)20-8-11-34-25(33)15-20/h2-8,11,14-17,22H,9-10,12-13H2,1H3,(H,37,43). The lowest BCUT2D eigenvalue weighted by Crippen LogP contribution is -2.39. The van der Waals surface area contributed by atoms with Crippen LogP contribution in [-0.4, -0.2) is 64.1 Å². The van der Waals surface area contributed by atoms with Gasteiger partial charge in [-0.05, 0) is 62.2 Å². The third-order valence-electron chi connectivity index (χ3n) is 7.70. The topological polar surface area (TPSA) is 136 Å². The first-order valence-corrected chi connectivity index (χ1v) is 14.2. The van der Waals surface area contributed by atoms with Crippen LogP contribution in [0.5, 0.6) is 0 Å². The highest BCUT2D eigenvalue weighted by Crippen LogP contribution is 2.35. The van der Waals surface area contributed by atoms with Gasteiger partial charge in [-0.15, -0.1) is 0 Å². The molecule has 0 saturated carbocycles. The lowest BCUT2D eigenvalue weighted by atomic mass is 10.0. The van der Waals surface area contributed by atoms with Crippen molar-refractivity contribution in [3.05, 3.63) is 102 Å². The van der Waals surface area contributed by atoms with E-state index in [4.69, 9.17) is 14.6 Å². The number of fused-ring (bicyclic) bond motifs is 1. The van der Waals surface area contributed by atoms with E-state index in [0.717, 1.165) is 6.07 Å². The molecule has 0 bridgehead atoms. The Labute approximate surface area is 254 Å². The number of benzene rings is 1. The van der Waals surface area contributed by atoms with Crippen LogP contribution in [0.25, 0.3) is 28.3 Å². The zero-order chi connectivity index (χ0) is 31.1. The minimum atomic E-state index is -0.764. The lowest BCUT2D eigenvalue weighted by Gasteiger charge is -2.33. The fourth-order valence-corrected chi connectivity index (χ4v) is 5.49. The molecular formula is C31H25F2N9O3. The van der Waals surface area contributed by atoms with Gasteiger partial charge in [-0.1, -0.05) is 5.16 Å². The second-order valence-electron chi connectivity index (χ2n) is 10.7. The molecular weight excluding hydrogens is 584 g/mol. The van der Waals surface area contributed by atoms with Crippen LogP contribution in [-0.2, 0) is 0 Å². The van der Waals surface area contributed by atoms with E-state index in [1.165, 1.54) is 28.9 Å². The summed E-state index contributed by atoms with van der Waals surface area (Å²) in [6.45, 7) is 2.76. The number of pyridine rings is 1. The van der Waals surface area contributed by atoms with E-state index < -0.39 is 11.9 Å². The van der Waals surface area contributed by atoms with Gasteiger partial charge in [0.1, 0.15) is 17.3 Å². The van der Waals surface area contributed by atoms with Crippen LogP contribution in [0.1, 0.15) is 45.5 Å². The van der Waals surface area contributed by atoms with Crippen molar-refractivity contribution in [1.82, 2.24) is 39.2 Å². The minimum absolute atomic E-state index is 0.000634. The number of rotatable bonds is 6. The van der Waals surface area contributed by atoms with Crippen molar-refractivity contribution >= 4 is 23.3 Å². The molecule has 1 fully saturated rings. The molecule has 1 N–H and O–H groups in total.